The van der Waals surface area contributed by atoms with Gasteiger partial charge in [0.15, 0.2) is 11.5 Å². The summed E-state index contributed by atoms with van der Waals surface area (Å²) in [6.45, 7) is 3.67. The number of anilines is 3. The minimum atomic E-state index is -0.424. The number of carbonyl (C=O) groups excluding carboxylic acids is 1. The minimum Gasteiger partial charge on any atom is -0.389 e. The maximum atomic E-state index is 14.3. The largest absolute Gasteiger partial charge is 0.389 e. The number of nitrogens with two attached hydrogens (primary N) is 1. The highest BCUT2D eigenvalue weighted by Gasteiger charge is 2.23. The van der Waals surface area contributed by atoms with Gasteiger partial charge in [0.25, 0.3) is 5.91 Å². The molecule has 3 N–H and O–H groups in total. The predicted molar refractivity (Wildman–Crippen MR) is 118 cm³/mol. The van der Waals surface area contributed by atoms with Gasteiger partial charge in [-0.05, 0) is 37.5 Å². The number of aryl methyl sites for hydroxylation is 2. The van der Waals surface area contributed by atoms with Gasteiger partial charge < -0.3 is 16.0 Å². The number of nitrogens with zero attached hydrogens (tertiary/aromatic N) is 4. The van der Waals surface area contributed by atoms with Crippen molar-refractivity contribution in [2.75, 3.05) is 29.0 Å². The number of halogens is 1. The number of aromatic nitrogens is 3. The fourth-order valence-corrected chi connectivity index (χ4v) is 4.62. The van der Waals surface area contributed by atoms with Crippen molar-refractivity contribution in [3.63, 3.8) is 0 Å². The summed E-state index contributed by atoms with van der Waals surface area (Å²) < 4.78 is 16.1. The molecule has 1 aliphatic heterocycles. The molecule has 1 fully saturated rings. The lowest BCUT2D eigenvalue weighted by Gasteiger charge is -2.23. The molecule has 2 aromatic heterocycles. The molecule has 0 spiro atoms. The molecule has 9 heteroatoms. The van der Waals surface area contributed by atoms with Crippen LogP contribution in [0.1, 0.15) is 41.7 Å². The fourth-order valence-electron chi connectivity index (χ4n) is 3.76. The summed E-state index contributed by atoms with van der Waals surface area (Å²) in [4.78, 5) is 19.5. The Kier molecular flexibility index (Phi) is 5.72. The zero-order chi connectivity index (χ0) is 21.3. The SMILES string of the molecule is Cc1ccc(-c2nc(C(=O)Nc3cnn(C)c3N3CCCCCC3)c(N)s2)c(F)c1. The Morgan fingerprint density at radius 3 is 2.67 bits per heavy atom. The third kappa shape index (κ3) is 4.02. The summed E-state index contributed by atoms with van der Waals surface area (Å²) in [7, 11) is 1.87. The standard InChI is InChI=1S/C21H25FN6OS/c1-13-7-8-14(15(22)11-13)20-26-17(18(23)30-20)19(29)25-16-12-24-27(2)21(16)28-9-5-3-4-6-10-28/h7-8,11-12H,3-6,9-10,23H2,1-2H3,(H,25,29). The van der Waals surface area contributed by atoms with E-state index >= 15 is 0 Å². The Bertz CT molecular complexity index is 1070. The summed E-state index contributed by atoms with van der Waals surface area (Å²) in [5.74, 6) is 0.0712. The van der Waals surface area contributed by atoms with Crippen molar-refractivity contribution in [3.05, 3.63) is 41.5 Å². The van der Waals surface area contributed by atoms with Crippen LogP contribution in [0, 0.1) is 12.7 Å². The van der Waals surface area contributed by atoms with Crippen LogP contribution in [-0.2, 0) is 7.05 Å². The molecule has 4 rings (SSSR count). The van der Waals surface area contributed by atoms with Gasteiger partial charge in [-0.25, -0.2) is 9.37 Å². The monoisotopic (exact) mass is 428 g/mol. The van der Waals surface area contributed by atoms with E-state index in [0.717, 1.165) is 48.6 Å². The molecule has 1 amide bonds. The van der Waals surface area contributed by atoms with E-state index in [9.17, 15) is 9.18 Å². The molecule has 3 aromatic rings. The molecular weight excluding hydrogens is 403 g/mol. The molecule has 0 radical (unpaired) electrons. The first kappa shape index (κ1) is 20.3. The van der Waals surface area contributed by atoms with E-state index in [4.69, 9.17) is 5.73 Å². The Labute approximate surface area is 178 Å². The number of amides is 1. The Hall–Kier alpha value is -2.94. The molecule has 1 aliphatic rings. The number of hydrogen-bond donors (Lipinski definition) is 2. The minimum absolute atomic E-state index is 0.0978. The lowest BCUT2D eigenvalue weighted by atomic mass is 10.1. The molecule has 3 heterocycles. The molecule has 30 heavy (non-hydrogen) atoms. The average molecular weight is 429 g/mol. The molecule has 158 valence electrons. The lowest BCUT2D eigenvalue weighted by molar-refractivity contribution is 0.102. The van der Waals surface area contributed by atoms with Gasteiger partial charge in [0.05, 0.1) is 6.20 Å². The number of benzene rings is 1. The van der Waals surface area contributed by atoms with Crippen molar-refractivity contribution in [1.82, 2.24) is 14.8 Å². The third-order valence-electron chi connectivity index (χ3n) is 5.28. The van der Waals surface area contributed by atoms with Gasteiger partial charge in [-0.15, -0.1) is 0 Å². The van der Waals surface area contributed by atoms with Crippen molar-refractivity contribution in [1.29, 1.82) is 0 Å². The van der Waals surface area contributed by atoms with Gasteiger partial charge in [-0.3, -0.25) is 9.48 Å². The van der Waals surface area contributed by atoms with Gasteiger partial charge in [-0.2, -0.15) is 5.10 Å². The highest BCUT2D eigenvalue weighted by Crippen LogP contribution is 2.33. The van der Waals surface area contributed by atoms with Crippen LogP contribution >= 0.6 is 11.3 Å². The molecule has 1 aromatic carbocycles. The van der Waals surface area contributed by atoms with Gasteiger partial charge in [0.2, 0.25) is 0 Å². The van der Waals surface area contributed by atoms with E-state index < -0.39 is 5.91 Å². The molecule has 0 atom stereocenters. The highest BCUT2D eigenvalue weighted by molar-refractivity contribution is 7.19. The molecule has 0 saturated carbocycles. The second kappa shape index (κ2) is 8.43. The van der Waals surface area contributed by atoms with Crippen LogP contribution in [-0.4, -0.2) is 33.8 Å². The highest BCUT2D eigenvalue weighted by atomic mass is 32.1. The summed E-state index contributed by atoms with van der Waals surface area (Å²) in [6, 6.07) is 4.90. The van der Waals surface area contributed by atoms with E-state index in [1.165, 1.54) is 18.9 Å². The number of thiazole rings is 1. The summed E-state index contributed by atoms with van der Waals surface area (Å²) in [5, 5.41) is 7.86. The first-order valence-electron chi connectivity index (χ1n) is 10.0. The van der Waals surface area contributed by atoms with E-state index in [1.807, 2.05) is 14.0 Å². The predicted octanol–water partition coefficient (Wildman–Crippen LogP) is 4.21. The van der Waals surface area contributed by atoms with E-state index in [0.29, 0.717) is 16.3 Å². The molecule has 0 unspecified atom stereocenters. The maximum Gasteiger partial charge on any atom is 0.277 e. The van der Waals surface area contributed by atoms with Crippen LogP contribution in [0.4, 0.5) is 20.9 Å². The molecule has 0 bridgehead atoms. The second-order valence-corrected chi connectivity index (χ2v) is 8.61. The molecule has 1 saturated heterocycles. The van der Waals surface area contributed by atoms with Crippen LogP contribution in [0.25, 0.3) is 10.6 Å². The van der Waals surface area contributed by atoms with Crippen LogP contribution in [0.15, 0.2) is 24.4 Å². The van der Waals surface area contributed by atoms with Crippen LogP contribution in [0.2, 0.25) is 0 Å². The Morgan fingerprint density at radius 1 is 1.23 bits per heavy atom. The number of nitrogen functional groups attached to an aromatic ring is 1. The van der Waals surface area contributed by atoms with E-state index in [-0.39, 0.29) is 16.5 Å². The van der Waals surface area contributed by atoms with Gasteiger partial charge >= 0.3 is 0 Å². The van der Waals surface area contributed by atoms with Crippen molar-refractivity contribution in [2.24, 2.45) is 7.05 Å². The van der Waals surface area contributed by atoms with Crippen molar-refractivity contribution >= 4 is 33.8 Å². The maximum absolute atomic E-state index is 14.3. The topological polar surface area (TPSA) is 89.1 Å². The Balaban J connectivity index is 1.59. The Morgan fingerprint density at radius 2 is 1.97 bits per heavy atom. The number of nitrogens with one attached hydrogen (secondary N) is 1. The van der Waals surface area contributed by atoms with Crippen molar-refractivity contribution in [3.8, 4) is 10.6 Å². The van der Waals surface area contributed by atoms with Gasteiger partial charge in [0.1, 0.15) is 21.5 Å². The van der Waals surface area contributed by atoms with E-state index in [2.05, 4.69) is 20.3 Å². The van der Waals surface area contributed by atoms with Crippen LogP contribution < -0.4 is 16.0 Å². The van der Waals surface area contributed by atoms with Crippen LogP contribution in [0.3, 0.4) is 0 Å². The summed E-state index contributed by atoms with van der Waals surface area (Å²) in [6.07, 6.45) is 6.29. The molecular formula is C21H25FN6OS. The zero-order valence-electron chi connectivity index (χ0n) is 17.1. The molecule has 7 nitrogen and oxygen atoms in total. The van der Waals surface area contributed by atoms with E-state index in [1.54, 1.807) is 23.0 Å². The normalized spacial score (nSPS) is 14.6. The lowest BCUT2D eigenvalue weighted by Crippen LogP contribution is -2.27. The van der Waals surface area contributed by atoms with Gasteiger partial charge in [-0.1, -0.05) is 30.2 Å². The van der Waals surface area contributed by atoms with Gasteiger partial charge in [0, 0.05) is 25.7 Å². The van der Waals surface area contributed by atoms with Crippen molar-refractivity contribution in [2.45, 2.75) is 32.6 Å². The summed E-state index contributed by atoms with van der Waals surface area (Å²) in [5.41, 5.74) is 7.94. The third-order valence-corrected chi connectivity index (χ3v) is 6.20. The first-order valence-corrected chi connectivity index (χ1v) is 10.9. The average Bonchev–Trinajstić information content (AvgIpc) is 3.13. The number of hydrogen-bond acceptors (Lipinski definition) is 6. The number of rotatable bonds is 4. The first-order chi connectivity index (χ1) is 14.4. The van der Waals surface area contributed by atoms with Crippen LogP contribution in [0.5, 0.6) is 0 Å². The zero-order valence-corrected chi connectivity index (χ0v) is 17.9. The second-order valence-electron chi connectivity index (χ2n) is 7.58. The quantitative estimate of drug-likeness (QED) is 0.650. The fraction of sp³-hybridized carbons (Fsp3) is 0.381. The number of carbonyl (C=O) groups is 1. The smallest absolute Gasteiger partial charge is 0.277 e. The molecule has 0 aliphatic carbocycles. The van der Waals surface area contributed by atoms with Crippen molar-refractivity contribution < 1.29 is 9.18 Å². The summed E-state index contributed by atoms with van der Waals surface area (Å²) >= 11 is 1.10.